The molecule has 4 aromatic rings. The molecule has 5 rings (SSSR count). The molecule has 0 saturated carbocycles. The number of benzene rings is 4. The zero-order valence-corrected chi connectivity index (χ0v) is 21.9. The first-order valence-electron chi connectivity index (χ1n) is 12.9. The van der Waals surface area contributed by atoms with Crippen molar-refractivity contribution in [2.45, 2.75) is 24.9 Å². The van der Waals surface area contributed by atoms with Crippen molar-refractivity contribution in [3.8, 4) is 6.07 Å². The summed E-state index contributed by atoms with van der Waals surface area (Å²) in [5.74, 6) is -5.72. The summed E-state index contributed by atoms with van der Waals surface area (Å²) in [7, 11) is 0. The normalized spacial score (nSPS) is 19.9. The van der Waals surface area contributed by atoms with E-state index in [1.165, 1.54) is 48.5 Å². The Morgan fingerprint density at radius 2 is 1.39 bits per heavy atom. The Labute approximate surface area is 235 Å². The van der Waals surface area contributed by atoms with Gasteiger partial charge >= 0.3 is 5.97 Å². The molecular formula is C33H24F2N2O4. The number of nitrogens with zero attached hydrogens (tertiary/aromatic N) is 2. The first kappa shape index (κ1) is 27.4. The van der Waals surface area contributed by atoms with Gasteiger partial charge in [-0.05, 0) is 72.6 Å². The van der Waals surface area contributed by atoms with Gasteiger partial charge < -0.3 is 10.0 Å². The largest absolute Gasteiger partial charge is 0.480 e. The number of aliphatic carboxylic acids is 1. The molecule has 1 aliphatic rings. The molecule has 4 atom stereocenters. The lowest BCUT2D eigenvalue weighted by atomic mass is 9.76. The number of rotatable bonds is 6. The number of carbonyl (C=O) groups is 3. The van der Waals surface area contributed by atoms with E-state index in [-0.39, 0.29) is 5.56 Å². The number of amides is 1. The Morgan fingerprint density at radius 1 is 0.805 bits per heavy atom. The molecular weight excluding hydrogens is 526 g/mol. The number of carbonyl (C=O) groups excluding carboxylic acids is 2. The number of hydrogen-bond acceptors (Lipinski definition) is 4. The van der Waals surface area contributed by atoms with Crippen LogP contribution in [-0.4, -0.2) is 33.7 Å². The van der Waals surface area contributed by atoms with Gasteiger partial charge in [0.25, 0.3) is 5.91 Å². The first-order valence-corrected chi connectivity index (χ1v) is 12.9. The molecule has 4 aromatic carbocycles. The van der Waals surface area contributed by atoms with Gasteiger partial charge in [0, 0.05) is 17.0 Å². The zero-order valence-electron chi connectivity index (χ0n) is 21.9. The van der Waals surface area contributed by atoms with Crippen LogP contribution in [0, 0.1) is 35.8 Å². The molecule has 1 fully saturated rings. The Morgan fingerprint density at radius 3 is 1.95 bits per heavy atom. The quantitative estimate of drug-likeness (QED) is 0.294. The number of carboxylic acid groups (broad SMARTS) is 1. The minimum atomic E-state index is -1.53. The average molecular weight is 551 g/mol. The maximum atomic E-state index is 14.4. The molecule has 4 unspecified atom stereocenters. The molecule has 204 valence electrons. The summed E-state index contributed by atoms with van der Waals surface area (Å²) in [6.07, 6.45) is 0. The summed E-state index contributed by atoms with van der Waals surface area (Å²) in [6.45, 7) is 1.82. The van der Waals surface area contributed by atoms with Crippen molar-refractivity contribution in [2.75, 3.05) is 0 Å². The minimum Gasteiger partial charge on any atom is -0.480 e. The van der Waals surface area contributed by atoms with E-state index in [2.05, 4.69) is 0 Å². The van der Waals surface area contributed by atoms with Crippen LogP contribution in [0.2, 0.25) is 0 Å². The van der Waals surface area contributed by atoms with E-state index in [1.807, 2.05) is 19.1 Å². The number of Topliss-reactive ketones (excluding diaryl/α,β-unsaturated/α-hetero) is 1. The lowest BCUT2D eigenvalue weighted by Crippen LogP contribution is -2.43. The van der Waals surface area contributed by atoms with Crippen molar-refractivity contribution in [3.05, 3.63) is 142 Å². The van der Waals surface area contributed by atoms with Gasteiger partial charge in [-0.3, -0.25) is 9.59 Å². The molecule has 1 N–H and O–H groups in total. The third-order valence-corrected chi connectivity index (χ3v) is 7.49. The van der Waals surface area contributed by atoms with E-state index in [0.29, 0.717) is 22.3 Å². The summed E-state index contributed by atoms with van der Waals surface area (Å²) in [6, 6.07) is 22.5. The maximum Gasteiger partial charge on any atom is 0.327 e. The summed E-state index contributed by atoms with van der Waals surface area (Å²) in [4.78, 5) is 42.6. The van der Waals surface area contributed by atoms with Gasteiger partial charge in [-0.2, -0.15) is 5.26 Å². The fraction of sp³-hybridized carbons (Fsp3) is 0.152. The van der Waals surface area contributed by atoms with Crippen molar-refractivity contribution in [1.29, 1.82) is 5.26 Å². The van der Waals surface area contributed by atoms with Crippen LogP contribution >= 0.6 is 0 Å². The Hall–Kier alpha value is -5.16. The van der Waals surface area contributed by atoms with Gasteiger partial charge in [0.05, 0.1) is 23.6 Å². The van der Waals surface area contributed by atoms with E-state index >= 15 is 0 Å². The molecule has 0 aromatic heterocycles. The van der Waals surface area contributed by atoms with Gasteiger partial charge in [0.1, 0.15) is 17.7 Å². The molecule has 0 spiro atoms. The summed E-state index contributed by atoms with van der Waals surface area (Å²) >= 11 is 0. The summed E-state index contributed by atoms with van der Waals surface area (Å²) < 4.78 is 27.7. The van der Waals surface area contributed by atoms with Crippen LogP contribution < -0.4 is 0 Å². The second-order valence-corrected chi connectivity index (χ2v) is 10.0. The van der Waals surface area contributed by atoms with Crippen LogP contribution in [0.4, 0.5) is 8.78 Å². The highest BCUT2D eigenvalue weighted by atomic mass is 19.1. The maximum absolute atomic E-state index is 14.4. The lowest BCUT2D eigenvalue weighted by Gasteiger charge is -2.30. The molecule has 1 saturated heterocycles. The summed E-state index contributed by atoms with van der Waals surface area (Å²) in [5.41, 5.74) is 2.35. The minimum absolute atomic E-state index is 0.0396. The Bertz CT molecular complexity index is 1660. The second kappa shape index (κ2) is 11.1. The predicted molar refractivity (Wildman–Crippen MR) is 146 cm³/mol. The molecule has 0 radical (unpaired) electrons. The van der Waals surface area contributed by atoms with Gasteiger partial charge in [-0.25, -0.2) is 13.6 Å². The molecule has 1 amide bonds. The predicted octanol–water partition coefficient (Wildman–Crippen LogP) is 6.08. The number of hydrogen-bond donors (Lipinski definition) is 1. The summed E-state index contributed by atoms with van der Waals surface area (Å²) in [5, 5.41) is 19.9. The fourth-order valence-electron chi connectivity index (χ4n) is 5.67. The van der Waals surface area contributed by atoms with Crippen molar-refractivity contribution < 1.29 is 28.3 Å². The Balaban J connectivity index is 1.78. The second-order valence-electron chi connectivity index (χ2n) is 10.0. The van der Waals surface area contributed by atoms with Crippen molar-refractivity contribution in [3.63, 3.8) is 0 Å². The smallest absolute Gasteiger partial charge is 0.327 e. The van der Waals surface area contributed by atoms with Crippen LogP contribution in [0.15, 0.2) is 97.1 Å². The van der Waals surface area contributed by atoms with Crippen molar-refractivity contribution >= 4 is 17.7 Å². The molecule has 1 aliphatic heterocycles. The van der Waals surface area contributed by atoms with E-state index in [9.17, 15) is 33.5 Å². The van der Waals surface area contributed by atoms with Crippen LogP contribution in [0.5, 0.6) is 0 Å². The van der Waals surface area contributed by atoms with E-state index in [4.69, 9.17) is 0 Å². The highest BCUT2D eigenvalue weighted by Gasteiger charge is 2.57. The van der Waals surface area contributed by atoms with Crippen molar-refractivity contribution in [2.24, 2.45) is 5.92 Å². The number of ketones is 1. The van der Waals surface area contributed by atoms with Gasteiger partial charge in [0.15, 0.2) is 5.78 Å². The van der Waals surface area contributed by atoms with Crippen LogP contribution in [0.1, 0.15) is 54.9 Å². The third kappa shape index (κ3) is 5.22. The number of likely N-dealkylation sites (tertiary alicyclic amines) is 1. The third-order valence-electron chi connectivity index (χ3n) is 7.49. The van der Waals surface area contributed by atoms with Gasteiger partial charge in [0.2, 0.25) is 0 Å². The number of halogens is 2. The standard InChI is InChI=1S/C33H24F2N2O4/c1-19-3-2-4-24(17-19)31(38)28-27(21-9-13-25(34)14-10-21)30(33(40)41)37(32(39)23-11-15-26(35)16-12-23)29(28)22-7-5-20(18-36)6-8-22/h2-17,27-30H,1H3,(H,40,41). The molecule has 6 nitrogen and oxygen atoms in total. The van der Waals surface area contributed by atoms with Crippen LogP contribution in [0.25, 0.3) is 0 Å². The fourth-order valence-corrected chi connectivity index (χ4v) is 5.67. The first-order chi connectivity index (χ1) is 19.7. The number of aryl methyl sites for hydroxylation is 1. The zero-order chi connectivity index (χ0) is 29.3. The Kier molecular flexibility index (Phi) is 7.45. The molecule has 0 bridgehead atoms. The van der Waals surface area contributed by atoms with E-state index in [1.54, 1.807) is 30.3 Å². The number of carboxylic acids is 1. The van der Waals surface area contributed by atoms with E-state index < -0.39 is 53.2 Å². The van der Waals surface area contributed by atoms with Gasteiger partial charge in [-0.15, -0.1) is 0 Å². The van der Waals surface area contributed by atoms with Gasteiger partial charge in [-0.1, -0.05) is 48.0 Å². The lowest BCUT2D eigenvalue weighted by molar-refractivity contribution is -0.142. The highest BCUT2D eigenvalue weighted by molar-refractivity contribution is 6.03. The van der Waals surface area contributed by atoms with E-state index in [0.717, 1.165) is 22.6 Å². The average Bonchev–Trinajstić information content (AvgIpc) is 3.33. The topological polar surface area (TPSA) is 98.5 Å². The van der Waals surface area contributed by atoms with Crippen LogP contribution in [0.3, 0.4) is 0 Å². The molecule has 1 heterocycles. The molecule has 0 aliphatic carbocycles. The SMILES string of the molecule is Cc1cccc(C(=O)C2C(c3ccc(F)cc3)C(C(=O)O)N(C(=O)c3ccc(F)cc3)C2c2ccc(C#N)cc2)c1. The molecule has 8 heteroatoms. The highest BCUT2D eigenvalue weighted by Crippen LogP contribution is 2.52. The molecule has 41 heavy (non-hydrogen) atoms. The van der Waals surface area contributed by atoms with Crippen LogP contribution in [-0.2, 0) is 4.79 Å². The van der Waals surface area contributed by atoms with Crippen molar-refractivity contribution in [1.82, 2.24) is 4.90 Å². The monoisotopic (exact) mass is 550 g/mol. The number of nitriles is 1.